The summed E-state index contributed by atoms with van der Waals surface area (Å²) >= 11 is 0. The number of aromatic nitrogens is 5. The molecule has 31 heavy (non-hydrogen) atoms. The number of nitrogens with zero attached hydrogens (tertiary/aromatic N) is 5. The van der Waals surface area contributed by atoms with Crippen LogP contribution in [0.25, 0.3) is 16.9 Å². The van der Waals surface area contributed by atoms with Gasteiger partial charge in [0, 0.05) is 6.07 Å². The SMILES string of the molecule is COc1ccc(NC(=O)Cn2cnc3c(nnn3-c3ccc(F)cc3)c2=O)c(OC)c1. The third kappa shape index (κ3) is 3.92. The molecule has 0 radical (unpaired) electrons. The number of hydrogen-bond acceptors (Lipinski definition) is 7. The lowest BCUT2D eigenvalue weighted by molar-refractivity contribution is -0.116. The molecule has 2 aromatic carbocycles. The fraction of sp³-hybridized carbons (Fsp3) is 0.150. The minimum atomic E-state index is -0.532. The number of rotatable bonds is 6. The van der Waals surface area contributed by atoms with Crippen molar-refractivity contribution in [2.75, 3.05) is 19.5 Å². The Hall–Kier alpha value is -4.28. The van der Waals surface area contributed by atoms with Crippen LogP contribution in [0.15, 0.2) is 53.6 Å². The fourth-order valence-electron chi connectivity index (χ4n) is 2.96. The molecule has 158 valence electrons. The second kappa shape index (κ2) is 8.22. The van der Waals surface area contributed by atoms with Crippen molar-refractivity contribution in [1.29, 1.82) is 0 Å². The van der Waals surface area contributed by atoms with Gasteiger partial charge in [0.1, 0.15) is 30.2 Å². The van der Waals surface area contributed by atoms with Crippen LogP contribution in [0.3, 0.4) is 0 Å². The molecule has 0 saturated carbocycles. The third-order valence-electron chi connectivity index (χ3n) is 4.50. The quantitative estimate of drug-likeness (QED) is 0.502. The van der Waals surface area contributed by atoms with E-state index in [9.17, 15) is 14.0 Å². The van der Waals surface area contributed by atoms with Crippen molar-refractivity contribution in [3.05, 3.63) is 65.0 Å². The average Bonchev–Trinajstić information content (AvgIpc) is 3.21. The highest BCUT2D eigenvalue weighted by Gasteiger charge is 2.16. The number of ether oxygens (including phenoxy) is 2. The van der Waals surface area contributed by atoms with Crippen molar-refractivity contribution in [3.8, 4) is 17.2 Å². The Morgan fingerprint density at radius 1 is 1.13 bits per heavy atom. The maximum absolute atomic E-state index is 13.2. The largest absolute Gasteiger partial charge is 0.497 e. The first kappa shape index (κ1) is 20.0. The highest BCUT2D eigenvalue weighted by Crippen LogP contribution is 2.28. The first-order chi connectivity index (χ1) is 15.0. The smallest absolute Gasteiger partial charge is 0.284 e. The summed E-state index contributed by atoms with van der Waals surface area (Å²) in [5.74, 6) is 0.126. The number of carbonyl (C=O) groups excluding carboxylic acids is 1. The average molecular weight is 424 g/mol. The second-order valence-corrected chi connectivity index (χ2v) is 6.44. The summed E-state index contributed by atoms with van der Waals surface area (Å²) in [6.07, 6.45) is 1.24. The molecule has 0 spiro atoms. The van der Waals surface area contributed by atoms with Crippen molar-refractivity contribution in [2.45, 2.75) is 6.54 Å². The van der Waals surface area contributed by atoms with E-state index in [-0.39, 0.29) is 17.7 Å². The molecule has 0 aliphatic heterocycles. The van der Waals surface area contributed by atoms with Gasteiger partial charge < -0.3 is 14.8 Å². The molecule has 2 aromatic heterocycles. The standard InChI is InChI=1S/C20H17FN6O4/c1-30-14-7-8-15(16(9-14)31-2)23-17(28)10-26-11-22-19-18(20(26)29)24-25-27(19)13-5-3-12(21)4-6-13/h3-9,11H,10H2,1-2H3,(H,23,28). The van der Waals surface area contributed by atoms with Gasteiger partial charge in [-0.1, -0.05) is 5.21 Å². The predicted molar refractivity (Wildman–Crippen MR) is 109 cm³/mol. The van der Waals surface area contributed by atoms with Crippen LogP contribution in [-0.2, 0) is 11.3 Å². The van der Waals surface area contributed by atoms with Crippen LogP contribution in [0.2, 0.25) is 0 Å². The molecule has 1 amide bonds. The molecule has 0 atom stereocenters. The molecular weight excluding hydrogens is 407 g/mol. The lowest BCUT2D eigenvalue weighted by atomic mass is 10.2. The van der Waals surface area contributed by atoms with Crippen molar-refractivity contribution >= 4 is 22.8 Å². The molecule has 0 bridgehead atoms. The minimum Gasteiger partial charge on any atom is -0.497 e. The molecule has 1 N–H and O–H groups in total. The molecule has 2 heterocycles. The molecule has 11 heteroatoms. The van der Waals surface area contributed by atoms with Crippen LogP contribution in [-0.4, -0.2) is 44.7 Å². The van der Waals surface area contributed by atoms with E-state index in [1.165, 1.54) is 49.5 Å². The molecule has 0 fully saturated rings. The summed E-state index contributed by atoms with van der Waals surface area (Å²) in [5.41, 5.74) is 0.581. The van der Waals surface area contributed by atoms with E-state index < -0.39 is 17.3 Å². The zero-order valence-corrected chi connectivity index (χ0v) is 16.6. The van der Waals surface area contributed by atoms with Crippen molar-refractivity contribution in [3.63, 3.8) is 0 Å². The summed E-state index contributed by atoms with van der Waals surface area (Å²) in [6, 6.07) is 10.4. The van der Waals surface area contributed by atoms with Gasteiger partial charge in [-0.15, -0.1) is 5.10 Å². The van der Waals surface area contributed by atoms with E-state index in [1.54, 1.807) is 18.2 Å². The van der Waals surface area contributed by atoms with Crippen LogP contribution in [0, 0.1) is 5.82 Å². The summed E-state index contributed by atoms with van der Waals surface area (Å²) in [5, 5.41) is 10.5. The van der Waals surface area contributed by atoms with E-state index in [2.05, 4.69) is 20.6 Å². The van der Waals surface area contributed by atoms with Gasteiger partial charge in [-0.25, -0.2) is 9.37 Å². The topological polar surface area (TPSA) is 113 Å². The Labute approximate surface area is 174 Å². The van der Waals surface area contributed by atoms with Crippen LogP contribution in [0.4, 0.5) is 10.1 Å². The number of hydrogen-bond donors (Lipinski definition) is 1. The summed E-state index contributed by atoms with van der Waals surface area (Å²) in [4.78, 5) is 29.4. The number of carbonyl (C=O) groups is 1. The molecule has 0 saturated heterocycles. The van der Waals surface area contributed by atoms with Crippen LogP contribution < -0.4 is 20.3 Å². The lowest BCUT2D eigenvalue weighted by Crippen LogP contribution is -2.28. The molecule has 4 rings (SSSR count). The number of halogens is 1. The Morgan fingerprint density at radius 3 is 2.61 bits per heavy atom. The number of amides is 1. The summed E-state index contributed by atoms with van der Waals surface area (Å²) in [6.45, 7) is -0.291. The molecule has 0 unspecified atom stereocenters. The predicted octanol–water partition coefficient (Wildman–Crippen LogP) is 1.77. The highest BCUT2D eigenvalue weighted by molar-refractivity contribution is 5.92. The summed E-state index contributed by atoms with van der Waals surface area (Å²) in [7, 11) is 2.99. The van der Waals surface area contributed by atoms with E-state index in [1.807, 2.05) is 0 Å². The third-order valence-corrected chi connectivity index (χ3v) is 4.50. The first-order valence-corrected chi connectivity index (χ1v) is 9.09. The van der Waals surface area contributed by atoms with E-state index in [0.29, 0.717) is 22.9 Å². The van der Waals surface area contributed by atoms with E-state index in [4.69, 9.17) is 9.47 Å². The van der Waals surface area contributed by atoms with Gasteiger partial charge in [0.05, 0.1) is 25.6 Å². The maximum Gasteiger partial charge on any atom is 0.284 e. The van der Waals surface area contributed by atoms with Gasteiger partial charge in [0.25, 0.3) is 5.56 Å². The maximum atomic E-state index is 13.2. The Kier molecular flexibility index (Phi) is 5.31. The van der Waals surface area contributed by atoms with Crippen LogP contribution in [0.5, 0.6) is 11.5 Å². The van der Waals surface area contributed by atoms with Crippen LogP contribution in [0.1, 0.15) is 0 Å². The van der Waals surface area contributed by atoms with E-state index in [0.717, 1.165) is 4.57 Å². The normalized spacial score (nSPS) is 10.8. The highest BCUT2D eigenvalue weighted by atomic mass is 19.1. The molecular formula is C20H17FN6O4. The monoisotopic (exact) mass is 424 g/mol. The molecule has 0 aliphatic rings. The second-order valence-electron chi connectivity index (χ2n) is 6.44. The number of methoxy groups -OCH3 is 2. The van der Waals surface area contributed by atoms with Gasteiger partial charge in [-0.2, -0.15) is 4.68 Å². The van der Waals surface area contributed by atoms with Crippen LogP contribution >= 0.6 is 0 Å². The number of anilines is 1. The minimum absolute atomic E-state index is 0.0124. The lowest BCUT2D eigenvalue weighted by Gasteiger charge is -2.12. The van der Waals surface area contributed by atoms with E-state index >= 15 is 0 Å². The Balaban J connectivity index is 1.58. The summed E-state index contributed by atoms with van der Waals surface area (Å²) < 4.78 is 26.0. The van der Waals surface area contributed by atoms with Gasteiger partial charge in [-0.05, 0) is 36.4 Å². The van der Waals surface area contributed by atoms with Gasteiger partial charge in [-0.3, -0.25) is 14.2 Å². The van der Waals surface area contributed by atoms with Crippen molar-refractivity contribution < 1.29 is 18.7 Å². The number of fused-ring (bicyclic) bond motifs is 1. The van der Waals surface area contributed by atoms with Gasteiger partial charge in [0.2, 0.25) is 5.91 Å². The first-order valence-electron chi connectivity index (χ1n) is 9.09. The zero-order chi connectivity index (χ0) is 22.0. The Morgan fingerprint density at radius 2 is 1.90 bits per heavy atom. The van der Waals surface area contributed by atoms with Crippen molar-refractivity contribution in [2.24, 2.45) is 0 Å². The molecule has 0 aliphatic carbocycles. The number of nitrogens with one attached hydrogen (secondary N) is 1. The van der Waals surface area contributed by atoms with Gasteiger partial charge in [0.15, 0.2) is 11.2 Å². The van der Waals surface area contributed by atoms with Crippen molar-refractivity contribution in [1.82, 2.24) is 24.5 Å². The fourth-order valence-corrected chi connectivity index (χ4v) is 2.96. The molecule has 4 aromatic rings. The zero-order valence-electron chi connectivity index (χ0n) is 16.6. The Bertz CT molecular complexity index is 1320. The molecule has 10 nitrogen and oxygen atoms in total. The number of benzene rings is 2. The van der Waals surface area contributed by atoms with Gasteiger partial charge >= 0.3 is 0 Å².